The molecule has 4 rings (SSSR count). The van der Waals surface area contributed by atoms with Gasteiger partial charge in [0.05, 0.1) is 6.54 Å². The van der Waals surface area contributed by atoms with E-state index in [9.17, 15) is 4.79 Å². The fraction of sp³-hybridized carbons (Fsp3) is 0.562. The van der Waals surface area contributed by atoms with Crippen LogP contribution in [0.15, 0.2) is 9.90 Å². The predicted octanol–water partition coefficient (Wildman–Crippen LogP) is 2.83. The molecule has 7 nitrogen and oxygen atoms in total. The number of aromatic nitrogens is 2. The second-order valence-electron chi connectivity index (χ2n) is 5.95. The van der Waals surface area contributed by atoms with Crippen LogP contribution in [0.2, 0.25) is 0 Å². The van der Waals surface area contributed by atoms with Crippen LogP contribution in [-0.2, 0) is 6.54 Å². The minimum atomic E-state index is -0.0933. The van der Waals surface area contributed by atoms with Crippen LogP contribution in [-0.4, -0.2) is 40.7 Å². The molecule has 0 aromatic carbocycles. The highest BCUT2D eigenvalue weighted by Gasteiger charge is 2.29. The molecule has 0 bridgehead atoms. The van der Waals surface area contributed by atoms with Crippen LogP contribution in [0.3, 0.4) is 0 Å². The van der Waals surface area contributed by atoms with Crippen LogP contribution >= 0.6 is 11.3 Å². The molecular formula is C16H19N3O4S. The molecule has 2 aromatic heterocycles. The van der Waals surface area contributed by atoms with Gasteiger partial charge in [0.25, 0.3) is 5.91 Å². The molecular weight excluding hydrogens is 330 g/mol. The van der Waals surface area contributed by atoms with Crippen molar-refractivity contribution in [3.05, 3.63) is 22.0 Å². The van der Waals surface area contributed by atoms with Gasteiger partial charge in [-0.15, -0.1) is 11.3 Å². The zero-order valence-electron chi connectivity index (χ0n) is 13.5. The van der Waals surface area contributed by atoms with Gasteiger partial charge in [0, 0.05) is 17.8 Å². The Morgan fingerprint density at radius 3 is 2.96 bits per heavy atom. The van der Waals surface area contributed by atoms with Crippen LogP contribution in [0.25, 0.3) is 0 Å². The Labute approximate surface area is 143 Å². The normalized spacial score (nSPS) is 16.7. The lowest BCUT2D eigenvalue weighted by Gasteiger charge is -2.21. The van der Waals surface area contributed by atoms with Gasteiger partial charge in [-0.1, -0.05) is 11.6 Å². The van der Waals surface area contributed by atoms with Gasteiger partial charge in [-0.2, -0.15) is 4.98 Å². The van der Waals surface area contributed by atoms with Crippen molar-refractivity contribution in [1.82, 2.24) is 15.0 Å². The summed E-state index contributed by atoms with van der Waals surface area (Å²) >= 11 is 1.35. The number of carbonyl (C=O) groups is 1. The minimum absolute atomic E-state index is 0.0933. The lowest BCUT2D eigenvalue weighted by molar-refractivity contribution is 0.0743. The third kappa shape index (κ3) is 2.75. The highest BCUT2D eigenvalue weighted by molar-refractivity contribution is 7.12. The Morgan fingerprint density at radius 1 is 1.38 bits per heavy atom. The van der Waals surface area contributed by atoms with Crippen molar-refractivity contribution in [2.75, 3.05) is 19.8 Å². The van der Waals surface area contributed by atoms with Crippen molar-refractivity contribution in [2.24, 2.45) is 0 Å². The lowest BCUT2D eigenvalue weighted by Crippen LogP contribution is -2.31. The maximum Gasteiger partial charge on any atom is 0.268 e. The number of rotatable bonds is 5. The highest BCUT2D eigenvalue weighted by atomic mass is 32.1. The molecule has 0 N–H and O–H groups in total. The molecule has 2 aromatic rings. The smallest absolute Gasteiger partial charge is 0.268 e. The van der Waals surface area contributed by atoms with Gasteiger partial charge in [-0.05, 0) is 19.8 Å². The summed E-state index contributed by atoms with van der Waals surface area (Å²) in [6.45, 7) is 3.80. The molecule has 1 aliphatic carbocycles. The predicted molar refractivity (Wildman–Crippen MR) is 86.6 cm³/mol. The molecule has 3 heterocycles. The molecule has 0 atom stereocenters. The van der Waals surface area contributed by atoms with Crippen molar-refractivity contribution < 1.29 is 18.8 Å². The number of thiophene rings is 1. The van der Waals surface area contributed by atoms with Crippen LogP contribution in [0, 0.1) is 0 Å². The quantitative estimate of drug-likeness (QED) is 0.826. The Bertz CT molecular complexity index is 738. The Kier molecular flexibility index (Phi) is 4.13. The third-order valence-electron chi connectivity index (χ3n) is 4.43. The summed E-state index contributed by atoms with van der Waals surface area (Å²) in [7, 11) is 0. The van der Waals surface area contributed by atoms with Gasteiger partial charge in [-0.25, -0.2) is 0 Å². The van der Waals surface area contributed by atoms with Crippen molar-refractivity contribution >= 4 is 17.2 Å². The Morgan fingerprint density at radius 2 is 2.21 bits per heavy atom. The molecule has 1 saturated carbocycles. The van der Waals surface area contributed by atoms with Crippen LogP contribution in [0.5, 0.6) is 11.5 Å². The summed E-state index contributed by atoms with van der Waals surface area (Å²) in [5.41, 5.74) is 0. The first-order chi connectivity index (χ1) is 11.8. The third-order valence-corrected chi connectivity index (χ3v) is 5.36. The average Bonchev–Trinajstić information content (AvgIpc) is 3.17. The van der Waals surface area contributed by atoms with Gasteiger partial charge in [0.1, 0.15) is 18.1 Å². The minimum Gasteiger partial charge on any atom is -0.485 e. The van der Waals surface area contributed by atoms with E-state index in [1.807, 2.05) is 12.3 Å². The first-order valence-corrected chi connectivity index (χ1v) is 9.13. The summed E-state index contributed by atoms with van der Waals surface area (Å²) < 4.78 is 16.4. The lowest BCUT2D eigenvalue weighted by atomic mass is 9.85. The first kappa shape index (κ1) is 15.4. The highest BCUT2D eigenvalue weighted by Crippen LogP contribution is 2.40. The van der Waals surface area contributed by atoms with E-state index in [1.165, 1.54) is 17.8 Å². The summed E-state index contributed by atoms with van der Waals surface area (Å²) in [4.78, 5) is 19.5. The summed E-state index contributed by atoms with van der Waals surface area (Å²) in [5, 5.41) is 5.84. The second kappa shape index (κ2) is 6.43. The zero-order chi connectivity index (χ0) is 16.5. The van der Waals surface area contributed by atoms with Gasteiger partial charge in [0.15, 0.2) is 17.3 Å². The number of amides is 1. The standard InChI is InChI=1S/C16H19N3O4S/c1-2-19(8-12-17-15(23-18-12)10-4-3-5-10)16(20)14-13-11(9-24-14)21-6-7-22-13/h9-10H,2-8H2,1H3. The number of fused-ring (bicyclic) bond motifs is 1. The number of hydrogen-bond acceptors (Lipinski definition) is 7. The number of hydrogen-bond donors (Lipinski definition) is 0. The second-order valence-corrected chi connectivity index (χ2v) is 6.83. The van der Waals surface area contributed by atoms with E-state index in [-0.39, 0.29) is 5.91 Å². The van der Waals surface area contributed by atoms with Gasteiger partial charge in [0.2, 0.25) is 5.89 Å². The monoisotopic (exact) mass is 349 g/mol. The molecule has 8 heteroatoms. The molecule has 24 heavy (non-hydrogen) atoms. The SMILES string of the molecule is CCN(Cc1noc(C2CCC2)n1)C(=O)c1scc2c1OCCO2. The number of carbonyl (C=O) groups excluding carboxylic acids is 1. The molecule has 1 amide bonds. The molecule has 0 radical (unpaired) electrons. The topological polar surface area (TPSA) is 77.7 Å². The number of ether oxygens (including phenoxy) is 2. The average molecular weight is 349 g/mol. The molecule has 128 valence electrons. The van der Waals surface area contributed by atoms with E-state index in [1.54, 1.807) is 4.90 Å². The Balaban J connectivity index is 1.49. The van der Waals surface area contributed by atoms with Gasteiger partial charge < -0.3 is 18.9 Å². The van der Waals surface area contributed by atoms with Crippen molar-refractivity contribution in [1.29, 1.82) is 0 Å². The van der Waals surface area contributed by atoms with E-state index in [0.29, 0.717) is 60.3 Å². The van der Waals surface area contributed by atoms with Gasteiger partial charge in [-0.3, -0.25) is 4.79 Å². The molecule has 1 fully saturated rings. The van der Waals surface area contributed by atoms with Crippen LogP contribution in [0.4, 0.5) is 0 Å². The van der Waals surface area contributed by atoms with E-state index in [0.717, 1.165) is 12.8 Å². The van der Waals surface area contributed by atoms with Crippen LogP contribution in [0.1, 0.15) is 53.5 Å². The van der Waals surface area contributed by atoms with Gasteiger partial charge >= 0.3 is 0 Å². The van der Waals surface area contributed by atoms with E-state index >= 15 is 0 Å². The summed E-state index contributed by atoms with van der Waals surface area (Å²) in [6, 6.07) is 0. The van der Waals surface area contributed by atoms with Crippen LogP contribution < -0.4 is 9.47 Å². The van der Waals surface area contributed by atoms with Crippen molar-refractivity contribution in [3.63, 3.8) is 0 Å². The zero-order valence-corrected chi connectivity index (χ0v) is 14.3. The maximum atomic E-state index is 12.8. The molecule has 2 aliphatic rings. The van der Waals surface area contributed by atoms with Crippen molar-refractivity contribution in [2.45, 2.75) is 38.6 Å². The Hall–Kier alpha value is -2.09. The molecule has 1 aliphatic heterocycles. The molecule has 0 saturated heterocycles. The maximum absolute atomic E-state index is 12.8. The number of nitrogens with zero attached hydrogens (tertiary/aromatic N) is 3. The van der Waals surface area contributed by atoms with E-state index in [2.05, 4.69) is 10.1 Å². The van der Waals surface area contributed by atoms with E-state index < -0.39 is 0 Å². The summed E-state index contributed by atoms with van der Waals surface area (Å²) in [5.74, 6) is 2.76. The summed E-state index contributed by atoms with van der Waals surface area (Å²) in [6.07, 6.45) is 3.43. The largest absolute Gasteiger partial charge is 0.485 e. The fourth-order valence-corrected chi connectivity index (χ4v) is 3.70. The molecule has 0 unspecified atom stereocenters. The molecule has 0 spiro atoms. The van der Waals surface area contributed by atoms with E-state index in [4.69, 9.17) is 14.0 Å². The first-order valence-electron chi connectivity index (χ1n) is 8.25. The van der Waals surface area contributed by atoms with Crippen molar-refractivity contribution in [3.8, 4) is 11.5 Å². The fourth-order valence-electron chi connectivity index (χ4n) is 2.80.